The second-order valence-corrected chi connectivity index (χ2v) is 7.93. The van der Waals surface area contributed by atoms with E-state index in [2.05, 4.69) is 31.4 Å². The zero-order valence-corrected chi connectivity index (χ0v) is 17.5. The fraction of sp³-hybridized carbons (Fsp3) is 0.348. The standard InChI is InChI=1S/C23H28N2O4/c1-15(26)24-19-9-7-6-8-18(19)21(27)25-20(22(28)29-5)14-16-10-12-17(13-11-16)23(2,3)4/h6-13,20H,14H2,1-5H3,(H,24,26)(H,25,27)/t20-/m0/s1. The number of hydrogen-bond acceptors (Lipinski definition) is 4. The van der Waals surface area contributed by atoms with Crippen LogP contribution < -0.4 is 10.6 Å². The van der Waals surface area contributed by atoms with Crippen LogP contribution in [0.4, 0.5) is 5.69 Å². The van der Waals surface area contributed by atoms with Crippen LogP contribution in [-0.2, 0) is 26.2 Å². The van der Waals surface area contributed by atoms with Crippen molar-refractivity contribution in [3.8, 4) is 0 Å². The predicted octanol–water partition coefficient (Wildman–Crippen LogP) is 3.46. The lowest BCUT2D eigenvalue weighted by Gasteiger charge is -2.20. The smallest absolute Gasteiger partial charge is 0.328 e. The summed E-state index contributed by atoms with van der Waals surface area (Å²) in [4.78, 5) is 36.4. The number of hydrogen-bond donors (Lipinski definition) is 2. The Morgan fingerprint density at radius 1 is 1.00 bits per heavy atom. The molecule has 0 saturated heterocycles. The van der Waals surface area contributed by atoms with Gasteiger partial charge >= 0.3 is 5.97 Å². The van der Waals surface area contributed by atoms with E-state index in [0.717, 1.165) is 5.56 Å². The highest BCUT2D eigenvalue weighted by Crippen LogP contribution is 2.22. The number of nitrogens with one attached hydrogen (secondary N) is 2. The lowest BCUT2D eigenvalue weighted by Crippen LogP contribution is -2.43. The van der Waals surface area contributed by atoms with Crippen LogP contribution in [0, 0.1) is 0 Å². The van der Waals surface area contributed by atoms with Gasteiger partial charge in [-0.15, -0.1) is 0 Å². The van der Waals surface area contributed by atoms with E-state index in [1.807, 2.05) is 24.3 Å². The van der Waals surface area contributed by atoms with Gasteiger partial charge in [0.05, 0.1) is 18.4 Å². The monoisotopic (exact) mass is 396 g/mol. The van der Waals surface area contributed by atoms with E-state index in [4.69, 9.17) is 4.74 Å². The molecule has 0 aliphatic heterocycles. The summed E-state index contributed by atoms with van der Waals surface area (Å²) in [5.74, 6) is -1.28. The zero-order chi connectivity index (χ0) is 21.6. The van der Waals surface area contributed by atoms with Crippen molar-refractivity contribution < 1.29 is 19.1 Å². The highest BCUT2D eigenvalue weighted by atomic mass is 16.5. The molecule has 0 fully saturated rings. The van der Waals surface area contributed by atoms with Crippen molar-refractivity contribution in [2.45, 2.75) is 45.6 Å². The van der Waals surface area contributed by atoms with Crippen molar-refractivity contribution in [1.82, 2.24) is 5.32 Å². The van der Waals surface area contributed by atoms with Crippen molar-refractivity contribution in [3.05, 3.63) is 65.2 Å². The highest BCUT2D eigenvalue weighted by Gasteiger charge is 2.24. The van der Waals surface area contributed by atoms with Gasteiger partial charge in [-0.05, 0) is 28.7 Å². The first-order chi connectivity index (χ1) is 13.6. The zero-order valence-electron chi connectivity index (χ0n) is 17.5. The summed E-state index contributed by atoms with van der Waals surface area (Å²) >= 11 is 0. The highest BCUT2D eigenvalue weighted by molar-refractivity contribution is 6.04. The van der Waals surface area contributed by atoms with Gasteiger partial charge in [0, 0.05) is 13.3 Å². The lowest BCUT2D eigenvalue weighted by molar-refractivity contribution is -0.142. The van der Waals surface area contributed by atoms with Crippen LogP contribution in [0.15, 0.2) is 48.5 Å². The van der Waals surface area contributed by atoms with Crippen molar-refractivity contribution in [2.24, 2.45) is 0 Å². The van der Waals surface area contributed by atoms with E-state index in [9.17, 15) is 14.4 Å². The second kappa shape index (κ2) is 9.37. The number of esters is 1. The molecule has 0 aliphatic rings. The molecule has 2 N–H and O–H groups in total. The summed E-state index contributed by atoms with van der Waals surface area (Å²) in [5.41, 5.74) is 2.78. The molecule has 29 heavy (non-hydrogen) atoms. The van der Waals surface area contributed by atoms with Crippen molar-refractivity contribution >= 4 is 23.5 Å². The number of anilines is 1. The lowest BCUT2D eigenvalue weighted by atomic mass is 9.86. The van der Waals surface area contributed by atoms with E-state index >= 15 is 0 Å². The molecule has 0 saturated carbocycles. The second-order valence-electron chi connectivity index (χ2n) is 7.93. The van der Waals surface area contributed by atoms with Crippen LogP contribution in [0.3, 0.4) is 0 Å². The van der Waals surface area contributed by atoms with E-state index in [0.29, 0.717) is 12.1 Å². The number of amides is 2. The number of rotatable bonds is 6. The van der Waals surface area contributed by atoms with Gasteiger partial charge in [0.25, 0.3) is 5.91 Å². The Morgan fingerprint density at radius 3 is 2.17 bits per heavy atom. The Morgan fingerprint density at radius 2 is 1.62 bits per heavy atom. The number of benzene rings is 2. The Balaban J connectivity index is 2.20. The first-order valence-electron chi connectivity index (χ1n) is 9.46. The summed E-state index contributed by atoms with van der Waals surface area (Å²) in [6.07, 6.45) is 0.297. The molecule has 2 aromatic rings. The van der Waals surface area contributed by atoms with Gasteiger partial charge in [0.2, 0.25) is 5.91 Å². The molecule has 6 heteroatoms. The third-order valence-electron chi connectivity index (χ3n) is 4.53. The van der Waals surface area contributed by atoms with Gasteiger partial charge in [-0.2, -0.15) is 0 Å². The van der Waals surface area contributed by atoms with Gasteiger partial charge in [-0.1, -0.05) is 57.2 Å². The Kier molecular flexibility index (Phi) is 7.15. The Hall–Kier alpha value is -3.15. The fourth-order valence-electron chi connectivity index (χ4n) is 2.93. The topological polar surface area (TPSA) is 84.5 Å². The van der Waals surface area contributed by atoms with Crippen LogP contribution in [0.2, 0.25) is 0 Å². The van der Waals surface area contributed by atoms with Crippen molar-refractivity contribution in [1.29, 1.82) is 0 Å². The van der Waals surface area contributed by atoms with Crippen LogP contribution in [0.1, 0.15) is 49.2 Å². The Labute approximate surface area is 171 Å². The number of ether oxygens (including phenoxy) is 1. The normalized spacial score (nSPS) is 12.0. The largest absolute Gasteiger partial charge is 0.467 e. The van der Waals surface area contributed by atoms with Crippen molar-refractivity contribution in [2.75, 3.05) is 12.4 Å². The molecule has 1 atom stereocenters. The molecule has 2 aromatic carbocycles. The van der Waals surface area contributed by atoms with Gasteiger partial charge in [0.1, 0.15) is 6.04 Å². The first-order valence-corrected chi connectivity index (χ1v) is 9.46. The summed E-state index contributed by atoms with van der Waals surface area (Å²) < 4.78 is 4.87. The average Bonchev–Trinajstić information content (AvgIpc) is 2.66. The maximum absolute atomic E-state index is 12.8. The molecule has 0 heterocycles. The molecule has 2 rings (SSSR count). The van der Waals surface area contributed by atoms with Gasteiger partial charge in [0.15, 0.2) is 0 Å². The summed E-state index contributed by atoms with van der Waals surface area (Å²) in [5, 5.41) is 5.35. The molecule has 0 aliphatic carbocycles. The minimum absolute atomic E-state index is 0.0297. The minimum Gasteiger partial charge on any atom is -0.467 e. The van der Waals surface area contributed by atoms with Gasteiger partial charge in [-0.25, -0.2) is 4.79 Å². The van der Waals surface area contributed by atoms with Gasteiger partial charge in [-0.3, -0.25) is 9.59 Å². The molecule has 154 valence electrons. The van der Waals surface area contributed by atoms with Crippen LogP contribution >= 0.6 is 0 Å². The Bertz CT molecular complexity index is 882. The molecular weight excluding hydrogens is 368 g/mol. The van der Waals surface area contributed by atoms with E-state index in [1.165, 1.54) is 19.6 Å². The summed E-state index contributed by atoms with van der Waals surface area (Å²) in [7, 11) is 1.29. The number of para-hydroxylation sites is 1. The molecule has 6 nitrogen and oxygen atoms in total. The third-order valence-corrected chi connectivity index (χ3v) is 4.53. The maximum Gasteiger partial charge on any atom is 0.328 e. The van der Waals surface area contributed by atoms with Crippen LogP contribution in [0.5, 0.6) is 0 Å². The van der Waals surface area contributed by atoms with E-state index in [1.54, 1.807) is 24.3 Å². The summed E-state index contributed by atoms with van der Waals surface area (Å²) in [6, 6.07) is 13.7. The first kappa shape index (κ1) is 22.1. The molecule has 0 radical (unpaired) electrons. The molecule has 2 amide bonds. The number of methoxy groups -OCH3 is 1. The average molecular weight is 396 g/mol. The van der Waals surface area contributed by atoms with E-state index in [-0.39, 0.29) is 16.9 Å². The molecule has 0 spiro atoms. The van der Waals surface area contributed by atoms with E-state index < -0.39 is 17.9 Å². The van der Waals surface area contributed by atoms with Crippen LogP contribution in [-0.4, -0.2) is 30.9 Å². The fourth-order valence-corrected chi connectivity index (χ4v) is 2.93. The number of carbonyl (C=O) groups is 3. The molecule has 0 aromatic heterocycles. The maximum atomic E-state index is 12.8. The number of carbonyl (C=O) groups excluding carboxylic acids is 3. The summed E-state index contributed by atoms with van der Waals surface area (Å²) in [6.45, 7) is 7.76. The van der Waals surface area contributed by atoms with Gasteiger partial charge < -0.3 is 15.4 Å². The minimum atomic E-state index is -0.849. The predicted molar refractivity (Wildman–Crippen MR) is 113 cm³/mol. The van der Waals surface area contributed by atoms with Crippen LogP contribution in [0.25, 0.3) is 0 Å². The molecular formula is C23H28N2O4. The van der Waals surface area contributed by atoms with Crippen molar-refractivity contribution in [3.63, 3.8) is 0 Å². The molecule has 0 unspecified atom stereocenters. The molecule has 0 bridgehead atoms. The SMILES string of the molecule is COC(=O)[C@H](Cc1ccc(C(C)(C)C)cc1)NC(=O)c1ccccc1NC(C)=O. The quantitative estimate of drug-likeness (QED) is 0.733. The third kappa shape index (κ3) is 6.17.